The lowest BCUT2D eigenvalue weighted by molar-refractivity contribution is 1.21. The van der Waals surface area contributed by atoms with E-state index in [9.17, 15) is 0 Å². The zero-order valence-electron chi connectivity index (χ0n) is 4.67. The summed E-state index contributed by atoms with van der Waals surface area (Å²) in [5, 5.41) is 12.9. The van der Waals surface area contributed by atoms with Crippen LogP contribution < -0.4 is 10.6 Å². The molecule has 0 saturated heterocycles. The van der Waals surface area contributed by atoms with E-state index < -0.39 is 5.96 Å². The monoisotopic (exact) mass is 182 g/mol. The second kappa shape index (κ2) is 4.95. The van der Waals surface area contributed by atoms with Crippen molar-refractivity contribution in [1.82, 2.24) is 4.84 Å². The van der Waals surface area contributed by atoms with Gasteiger partial charge in [0.15, 0.2) is 0 Å². The maximum absolute atomic E-state index is 6.59. The molecule has 0 rings (SSSR count). The van der Waals surface area contributed by atoms with E-state index in [2.05, 4.69) is 14.7 Å². The van der Waals surface area contributed by atoms with Crippen LogP contribution >= 0.6 is 23.6 Å². The van der Waals surface area contributed by atoms with Crippen LogP contribution in [0.4, 0.5) is 0 Å². The number of guanidine groups is 2. The maximum atomic E-state index is 6.59. The van der Waals surface area contributed by atoms with Crippen LogP contribution in [0, 0.1) is 5.41 Å². The third kappa shape index (κ3) is 4.04. The fraction of sp³-hybridized carbons (Fsp3) is 0. The Labute approximate surface area is 66.9 Å². The zero-order chi connectivity index (χ0) is 7.98. The molecule has 8 heteroatoms. The third-order valence-corrected chi connectivity index (χ3v) is 0.746. The number of azo groups is 1. The molecule has 0 spiro atoms. The zero-order valence-corrected chi connectivity index (χ0v) is 6.19. The van der Waals surface area contributed by atoms with Gasteiger partial charge in [-0.05, 0) is 0 Å². The molecule has 0 fully saturated rings. The number of nitrogens with zero attached hydrogens (tertiary/aromatic N) is 3. The van der Waals surface area contributed by atoms with Crippen molar-refractivity contribution >= 4 is 35.5 Å². The topological polar surface area (TPSA) is 99.0 Å². The molecule has 0 unspecified atom stereocenters. The van der Waals surface area contributed by atoms with Crippen molar-refractivity contribution < 1.29 is 0 Å². The van der Waals surface area contributed by atoms with Gasteiger partial charge in [-0.3, -0.25) is 10.2 Å². The molecule has 0 aromatic rings. The highest BCUT2D eigenvalue weighted by molar-refractivity contribution is 6.26. The minimum atomic E-state index is -0.454. The molecule has 0 saturated carbocycles. The van der Waals surface area contributed by atoms with Gasteiger partial charge in [-0.15, -0.1) is 14.7 Å². The fourth-order valence-electron chi connectivity index (χ4n) is 0.153. The molecule has 0 bridgehead atoms. The Bertz CT molecular complexity index is 173. The fourth-order valence-corrected chi connectivity index (χ4v) is 0.352. The van der Waals surface area contributed by atoms with Crippen LogP contribution in [0.1, 0.15) is 0 Å². The molecule has 6 nitrogen and oxygen atoms in total. The SMILES string of the molecule is N=C(N)/N=N/C(=N/Cl)NCl. The van der Waals surface area contributed by atoms with Crippen molar-refractivity contribution in [2.45, 2.75) is 0 Å². The first-order valence-corrected chi connectivity index (χ1v) is 2.73. The van der Waals surface area contributed by atoms with Crippen molar-refractivity contribution in [2.75, 3.05) is 0 Å². The van der Waals surface area contributed by atoms with Gasteiger partial charge < -0.3 is 5.73 Å². The first-order chi connectivity index (χ1) is 4.70. The number of hydrogen-bond acceptors (Lipinski definition) is 2. The highest BCUT2D eigenvalue weighted by Gasteiger charge is 1.90. The van der Waals surface area contributed by atoms with Crippen LogP contribution in [0.25, 0.3) is 0 Å². The Balaban J connectivity index is 3.98. The molecular weight excluding hydrogens is 179 g/mol. The molecule has 0 amide bonds. The molecule has 10 heavy (non-hydrogen) atoms. The highest BCUT2D eigenvalue weighted by atomic mass is 35.5. The first-order valence-electron chi connectivity index (χ1n) is 2.02. The summed E-state index contributed by atoms with van der Waals surface area (Å²) in [6.45, 7) is 0. The van der Waals surface area contributed by atoms with Gasteiger partial charge in [0, 0.05) is 23.6 Å². The van der Waals surface area contributed by atoms with Crippen molar-refractivity contribution in [3.63, 3.8) is 0 Å². The smallest absolute Gasteiger partial charge is 0.269 e. The number of nitrogens with two attached hydrogens (primary N) is 1. The van der Waals surface area contributed by atoms with E-state index >= 15 is 0 Å². The van der Waals surface area contributed by atoms with Crippen LogP contribution in [0.5, 0.6) is 0 Å². The summed E-state index contributed by atoms with van der Waals surface area (Å²) >= 11 is 9.95. The minimum Gasteiger partial charge on any atom is -0.367 e. The van der Waals surface area contributed by atoms with Crippen LogP contribution in [-0.2, 0) is 0 Å². The Morgan fingerprint density at radius 1 is 1.50 bits per heavy atom. The summed E-state index contributed by atoms with van der Waals surface area (Å²) in [5.41, 5.74) is 4.80. The predicted octanol–water partition coefficient (Wildman–Crippen LogP) is 0.585. The summed E-state index contributed by atoms with van der Waals surface area (Å²) in [6, 6.07) is 0. The molecule has 0 atom stereocenters. The lowest BCUT2D eigenvalue weighted by Crippen LogP contribution is -2.10. The molecule has 0 radical (unpaired) electrons. The molecular formula is C2H4Cl2N6. The van der Waals surface area contributed by atoms with Gasteiger partial charge in [0.25, 0.3) is 5.96 Å². The molecule has 4 N–H and O–H groups in total. The Morgan fingerprint density at radius 2 is 2.10 bits per heavy atom. The summed E-state index contributed by atoms with van der Waals surface area (Å²) < 4.78 is 3.01. The van der Waals surface area contributed by atoms with Gasteiger partial charge in [-0.2, -0.15) is 0 Å². The van der Waals surface area contributed by atoms with E-state index in [0.29, 0.717) is 0 Å². The van der Waals surface area contributed by atoms with Crippen molar-refractivity contribution in [1.29, 1.82) is 5.41 Å². The van der Waals surface area contributed by atoms with Crippen molar-refractivity contribution in [2.24, 2.45) is 20.5 Å². The van der Waals surface area contributed by atoms with Gasteiger partial charge in [0.05, 0.1) is 0 Å². The normalized spacial score (nSPS) is 12.0. The average Bonchev–Trinajstić information content (AvgIpc) is 1.90. The van der Waals surface area contributed by atoms with Crippen LogP contribution in [-0.4, -0.2) is 11.9 Å². The van der Waals surface area contributed by atoms with E-state index in [1.807, 2.05) is 4.84 Å². The van der Waals surface area contributed by atoms with Crippen molar-refractivity contribution in [3.8, 4) is 0 Å². The van der Waals surface area contributed by atoms with Crippen LogP contribution in [0.15, 0.2) is 14.7 Å². The third-order valence-electron chi connectivity index (χ3n) is 0.417. The molecule has 0 aromatic heterocycles. The summed E-state index contributed by atoms with van der Waals surface area (Å²) in [5.74, 6) is -0.580. The van der Waals surface area contributed by atoms with Gasteiger partial charge in [0.1, 0.15) is 0 Å². The first kappa shape index (κ1) is 9.12. The molecule has 0 aliphatic heterocycles. The lowest BCUT2D eigenvalue weighted by Gasteiger charge is -1.88. The van der Waals surface area contributed by atoms with Gasteiger partial charge in [-0.25, -0.2) is 0 Å². The molecule has 0 aliphatic carbocycles. The summed E-state index contributed by atoms with van der Waals surface area (Å²) in [4.78, 5) is 1.98. The highest BCUT2D eigenvalue weighted by Crippen LogP contribution is 1.84. The van der Waals surface area contributed by atoms with E-state index in [1.165, 1.54) is 0 Å². The van der Waals surface area contributed by atoms with Gasteiger partial charge in [-0.1, -0.05) is 0 Å². The Hall–Kier alpha value is -0.880. The van der Waals surface area contributed by atoms with E-state index in [0.717, 1.165) is 0 Å². The van der Waals surface area contributed by atoms with Crippen LogP contribution in [0.2, 0.25) is 0 Å². The Kier molecular flexibility index (Phi) is 4.51. The molecule has 0 aliphatic rings. The molecule has 56 valence electrons. The van der Waals surface area contributed by atoms with Gasteiger partial charge >= 0.3 is 0 Å². The van der Waals surface area contributed by atoms with E-state index in [4.69, 9.17) is 34.7 Å². The Morgan fingerprint density at radius 3 is 2.40 bits per heavy atom. The number of halogens is 2. The lowest BCUT2D eigenvalue weighted by atomic mass is 11.1. The largest absolute Gasteiger partial charge is 0.367 e. The predicted molar refractivity (Wildman–Crippen MR) is 39.0 cm³/mol. The number of nitrogens with one attached hydrogen (secondary N) is 2. The van der Waals surface area contributed by atoms with E-state index in [-0.39, 0.29) is 5.96 Å². The van der Waals surface area contributed by atoms with Crippen LogP contribution in [0.3, 0.4) is 0 Å². The quantitative estimate of drug-likeness (QED) is 0.221. The average molecular weight is 183 g/mol. The second-order valence-corrected chi connectivity index (χ2v) is 1.45. The molecule has 0 heterocycles. The van der Waals surface area contributed by atoms with Gasteiger partial charge in [0.2, 0.25) is 5.96 Å². The summed E-state index contributed by atoms with van der Waals surface area (Å²) in [7, 11) is 0. The van der Waals surface area contributed by atoms with Crippen molar-refractivity contribution in [3.05, 3.63) is 0 Å². The number of hydrogen-bond donors (Lipinski definition) is 3. The summed E-state index contributed by atoms with van der Waals surface area (Å²) in [6.07, 6.45) is 0. The minimum absolute atomic E-state index is 0.126. The number of rotatable bonds is 0. The molecule has 0 aromatic carbocycles. The standard InChI is InChI=1S/C2H4Cl2N6/c3-7-2(8-4)10-9-1(5)6/h(H3,5,6)(H,7,8)/b10-9+. The second-order valence-electron chi connectivity index (χ2n) is 1.09. The maximum Gasteiger partial charge on any atom is 0.269 e. The van der Waals surface area contributed by atoms with E-state index in [1.54, 1.807) is 0 Å².